The lowest BCUT2D eigenvalue weighted by Crippen LogP contribution is -2.38. The van der Waals surface area contributed by atoms with Gasteiger partial charge in [-0.3, -0.25) is 9.59 Å². The summed E-state index contributed by atoms with van der Waals surface area (Å²) in [6.45, 7) is 0.415. The van der Waals surface area contributed by atoms with Crippen molar-refractivity contribution in [1.29, 1.82) is 0 Å². The van der Waals surface area contributed by atoms with Crippen molar-refractivity contribution in [3.05, 3.63) is 65.7 Å². The maximum absolute atomic E-state index is 14.0. The normalized spacial score (nSPS) is 17.8. The van der Waals surface area contributed by atoms with Gasteiger partial charge < -0.3 is 15.1 Å². The van der Waals surface area contributed by atoms with Gasteiger partial charge in [-0.25, -0.2) is 8.78 Å². The van der Waals surface area contributed by atoms with Crippen LogP contribution >= 0.6 is 0 Å². The quantitative estimate of drug-likeness (QED) is 0.829. The Morgan fingerprint density at radius 3 is 2.64 bits per heavy atom. The predicted octanol–water partition coefficient (Wildman–Crippen LogP) is 2.74. The summed E-state index contributed by atoms with van der Waals surface area (Å²) in [5.74, 6) is -1.93. The number of nitrogens with zero attached hydrogens (tertiary/aromatic N) is 2. The molecule has 148 valence electrons. The molecule has 1 saturated heterocycles. The maximum Gasteiger partial charge on any atom is 0.227 e. The van der Waals surface area contributed by atoms with Crippen LogP contribution in [0.4, 0.5) is 14.5 Å². The molecule has 5 nitrogen and oxygen atoms in total. The Morgan fingerprint density at radius 1 is 1.21 bits per heavy atom. The Bertz CT molecular complexity index is 872. The number of anilines is 1. The van der Waals surface area contributed by atoms with Gasteiger partial charge in [0, 0.05) is 19.5 Å². The van der Waals surface area contributed by atoms with Crippen LogP contribution in [0.3, 0.4) is 0 Å². The third kappa shape index (κ3) is 4.36. The number of likely N-dealkylation sites (N-methyl/N-ethyl adjacent to an activating group) is 1. The molecule has 0 aliphatic carbocycles. The first-order valence-corrected chi connectivity index (χ1v) is 9.11. The second-order valence-electron chi connectivity index (χ2n) is 7.14. The Balaban J connectivity index is 1.65. The zero-order valence-electron chi connectivity index (χ0n) is 15.9. The first-order valence-electron chi connectivity index (χ1n) is 9.11. The summed E-state index contributed by atoms with van der Waals surface area (Å²) in [4.78, 5) is 28.1. The molecular formula is C21H23F2N3O2. The van der Waals surface area contributed by atoms with Gasteiger partial charge in [-0.15, -0.1) is 0 Å². The number of amides is 2. The number of halogens is 2. The minimum atomic E-state index is -0.553. The van der Waals surface area contributed by atoms with Crippen molar-refractivity contribution in [1.82, 2.24) is 10.2 Å². The molecule has 1 heterocycles. The minimum absolute atomic E-state index is 0.0345. The van der Waals surface area contributed by atoms with E-state index in [0.29, 0.717) is 0 Å². The molecule has 7 heteroatoms. The van der Waals surface area contributed by atoms with E-state index in [1.807, 2.05) is 19.0 Å². The van der Waals surface area contributed by atoms with Crippen LogP contribution in [0.15, 0.2) is 48.5 Å². The molecule has 1 N–H and O–H groups in total. The van der Waals surface area contributed by atoms with E-state index in [9.17, 15) is 18.4 Å². The van der Waals surface area contributed by atoms with Crippen molar-refractivity contribution in [2.75, 3.05) is 32.1 Å². The molecule has 2 aromatic carbocycles. The maximum atomic E-state index is 14.0. The molecule has 2 atom stereocenters. The van der Waals surface area contributed by atoms with E-state index in [0.717, 1.165) is 5.56 Å². The highest BCUT2D eigenvalue weighted by Gasteiger charge is 2.36. The SMILES string of the molecule is CN(C)[C@@H](CNC(=O)[C@H]1CC(=O)N(c2ccccc2F)C1)c1cccc(F)c1. The molecular weight excluding hydrogens is 364 g/mol. The zero-order valence-corrected chi connectivity index (χ0v) is 15.9. The lowest BCUT2D eigenvalue weighted by atomic mass is 10.0. The van der Waals surface area contributed by atoms with Gasteiger partial charge in [0.15, 0.2) is 0 Å². The lowest BCUT2D eigenvalue weighted by molar-refractivity contribution is -0.126. The van der Waals surface area contributed by atoms with Gasteiger partial charge in [0.25, 0.3) is 0 Å². The summed E-state index contributed by atoms with van der Waals surface area (Å²) in [6, 6.07) is 12.1. The van der Waals surface area contributed by atoms with Gasteiger partial charge in [-0.1, -0.05) is 24.3 Å². The monoisotopic (exact) mass is 387 g/mol. The van der Waals surface area contributed by atoms with Crippen LogP contribution in [0.5, 0.6) is 0 Å². The van der Waals surface area contributed by atoms with E-state index >= 15 is 0 Å². The van der Waals surface area contributed by atoms with Crippen LogP contribution in [0.1, 0.15) is 18.0 Å². The largest absolute Gasteiger partial charge is 0.354 e. The fraction of sp³-hybridized carbons (Fsp3) is 0.333. The average Bonchev–Trinajstić information content (AvgIpc) is 3.03. The van der Waals surface area contributed by atoms with Gasteiger partial charge in [0.05, 0.1) is 17.6 Å². The lowest BCUT2D eigenvalue weighted by Gasteiger charge is -2.25. The molecule has 0 spiro atoms. The smallest absolute Gasteiger partial charge is 0.227 e. The van der Waals surface area contributed by atoms with Gasteiger partial charge in [-0.2, -0.15) is 0 Å². The van der Waals surface area contributed by atoms with E-state index in [-0.39, 0.29) is 48.9 Å². The van der Waals surface area contributed by atoms with E-state index in [2.05, 4.69) is 5.32 Å². The molecule has 3 rings (SSSR count). The Labute approximate surface area is 162 Å². The third-order valence-corrected chi connectivity index (χ3v) is 4.97. The van der Waals surface area contributed by atoms with Crippen LogP contribution in [-0.4, -0.2) is 43.9 Å². The number of hydrogen-bond donors (Lipinski definition) is 1. The van der Waals surface area contributed by atoms with Crippen molar-refractivity contribution in [3.8, 4) is 0 Å². The van der Waals surface area contributed by atoms with Crippen molar-refractivity contribution in [2.24, 2.45) is 5.92 Å². The number of para-hydroxylation sites is 1. The molecule has 1 fully saturated rings. The fourth-order valence-electron chi connectivity index (χ4n) is 3.44. The van der Waals surface area contributed by atoms with E-state index < -0.39 is 11.7 Å². The number of hydrogen-bond acceptors (Lipinski definition) is 3. The molecule has 0 radical (unpaired) electrons. The summed E-state index contributed by atoms with van der Waals surface area (Å²) < 4.78 is 27.5. The van der Waals surface area contributed by atoms with Crippen LogP contribution in [0.2, 0.25) is 0 Å². The van der Waals surface area contributed by atoms with E-state index in [1.165, 1.54) is 29.2 Å². The van der Waals surface area contributed by atoms with Crippen LogP contribution in [-0.2, 0) is 9.59 Å². The summed E-state index contributed by atoms with van der Waals surface area (Å²) in [7, 11) is 3.70. The van der Waals surface area contributed by atoms with Gasteiger partial charge in [0.1, 0.15) is 11.6 Å². The van der Waals surface area contributed by atoms with Crippen LogP contribution in [0, 0.1) is 17.6 Å². The molecule has 28 heavy (non-hydrogen) atoms. The topological polar surface area (TPSA) is 52.7 Å². The van der Waals surface area contributed by atoms with Gasteiger partial charge in [0.2, 0.25) is 11.8 Å². The van der Waals surface area contributed by atoms with E-state index in [4.69, 9.17) is 0 Å². The molecule has 0 bridgehead atoms. The van der Waals surface area contributed by atoms with Gasteiger partial charge >= 0.3 is 0 Å². The Kier molecular flexibility index (Phi) is 6.04. The number of rotatable bonds is 6. The second kappa shape index (κ2) is 8.48. The highest BCUT2D eigenvalue weighted by atomic mass is 19.1. The van der Waals surface area contributed by atoms with E-state index in [1.54, 1.807) is 24.3 Å². The Hall–Kier alpha value is -2.80. The summed E-state index contributed by atoms with van der Waals surface area (Å²) >= 11 is 0. The standard InChI is InChI=1S/C21H23F2N3O2/c1-25(2)19(14-6-5-7-16(22)10-14)12-24-21(28)15-11-20(27)26(13-15)18-9-4-3-8-17(18)23/h3-10,15,19H,11-13H2,1-2H3,(H,24,28)/t15-,19-/m0/s1. The first kappa shape index (κ1) is 19.9. The highest BCUT2D eigenvalue weighted by Crippen LogP contribution is 2.27. The molecule has 0 unspecified atom stereocenters. The van der Waals surface area contributed by atoms with Crippen molar-refractivity contribution < 1.29 is 18.4 Å². The number of nitrogens with one attached hydrogen (secondary N) is 1. The minimum Gasteiger partial charge on any atom is -0.354 e. The average molecular weight is 387 g/mol. The summed E-state index contributed by atoms with van der Waals surface area (Å²) in [5, 5.41) is 2.86. The molecule has 2 amide bonds. The molecule has 2 aromatic rings. The van der Waals surface area contributed by atoms with Crippen molar-refractivity contribution >= 4 is 17.5 Å². The molecule has 0 aromatic heterocycles. The third-order valence-electron chi connectivity index (χ3n) is 4.97. The number of carbonyl (C=O) groups is 2. The Morgan fingerprint density at radius 2 is 1.96 bits per heavy atom. The van der Waals surface area contributed by atoms with Gasteiger partial charge in [-0.05, 0) is 43.9 Å². The number of carbonyl (C=O) groups excluding carboxylic acids is 2. The summed E-state index contributed by atoms with van der Waals surface area (Å²) in [5.41, 5.74) is 0.939. The van der Waals surface area contributed by atoms with Crippen LogP contribution < -0.4 is 10.2 Å². The van der Waals surface area contributed by atoms with Crippen molar-refractivity contribution in [3.63, 3.8) is 0 Å². The van der Waals surface area contributed by atoms with Crippen molar-refractivity contribution in [2.45, 2.75) is 12.5 Å². The highest BCUT2D eigenvalue weighted by molar-refractivity contribution is 6.00. The molecule has 0 saturated carbocycles. The zero-order chi connectivity index (χ0) is 20.3. The predicted molar refractivity (Wildman–Crippen MR) is 103 cm³/mol. The molecule has 1 aliphatic heterocycles. The number of benzene rings is 2. The first-order chi connectivity index (χ1) is 13.4. The second-order valence-corrected chi connectivity index (χ2v) is 7.14. The fourth-order valence-corrected chi connectivity index (χ4v) is 3.44. The van der Waals surface area contributed by atoms with Crippen LogP contribution in [0.25, 0.3) is 0 Å². The molecule has 1 aliphatic rings. The summed E-state index contributed by atoms with van der Waals surface area (Å²) in [6.07, 6.45) is 0.0345.